The largest absolute Gasteiger partial charge is 0.508 e. The monoisotopic (exact) mass is 305 g/mol. The maximum atomic E-state index is 12.1. The topological polar surface area (TPSA) is 137 Å². The fourth-order valence-electron chi connectivity index (χ4n) is 1.81. The van der Waals surface area contributed by atoms with Crippen LogP contribution in [-0.2, 0) is 0 Å². The van der Waals surface area contributed by atoms with Crippen LogP contribution in [0.3, 0.4) is 0 Å². The van der Waals surface area contributed by atoms with E-state index in [1.165, 1.54) is 24.3 Å². The second kappa shape index (κ2) is 5.60. The second-order valence-corrected chi connectivity index (χ2v) is 4.35. The number of anilines is 1. The van der Waals surface area contributed by atoms with Crippen molar-refractivity contribution in [2.24, 2.45) is 0 Å². The van der Waals surface area contributed by atoms with Crippen LogP contribution >= 0.6 is 0 Å². The molecule has 0 radical (unpaired) electrons. The average Bonchev–Trinajstić information content (AvgIpc) is 2.37. The van der Waals surface area contributed by atoms with Crippen molar-refractivity contribution in [3.05, 3.63) is 45.8 Å². The molecule has 8 nitrogen and oxygen atoms in total. The highest BCUT2D eigenvalue weighted by Gasteiger charge is 2.27. The van der Waals surface area contributed by atoms with Crippen molar-refractivity contribution in [3.63, 3.8) is 0 Å². The first-order valence-corrected chi connectivity index (χ1v) is 6.01. The molecule has 0 atom stereocenters. The number of phenolic OH excluding ortho intramolecular Hbond substituents is 1. The van der Waals surface area contributed by atoms with Gasteiger partial charge in [-0.15, -0.1) is 0 Å². The number of Topliss-reactive ketones (excluding diaryl/α,β-unsaturated/α-hetero) is 1. The van der Waals surface area contributed by atoms with Crippen LogP contribution in [0, 0.1) is 0 Å². The van der Waals surface area contributed by atoms with E-state index < -0.39 is 40.1 Å². The van der Waals surface area contributed by atoms with Crippen molar-refractivity contribution in [2.45, 2.75) is 6.92 Å². The highest BCUT2D eigenvalue weighted by Crippen LogP contribution is 2.29. The minimum absolute atomic E-state index is 0.115. The lowest BCUT2D eigenvalue weighted by Gasteiger charge is -2.09. The number of aromatic hydroxyl groups is 3. The molecule has 0 aliphatic heterocycles. The molecule has 0 unspecified atom stereocenters. The van der Waals surface area contributed by atoms with Gasteiger partial charge in [0.05, 0.1) is 0 Å². The Morgan fingerprint density at radius 2 is 1.82 bits per heavy atom. The first kappa shape index (κ1) is 15.1. The smallest absolute Gasteiger partial charge is 0.353 e. The van der Waals surface area contributed by atoms with Crippen molar-refractivity contribution in [1.82, 2.24) is 0 Å². The fourth-order valence-corrected chi connectivity index (χ4v) is 1.81. The summed E-state index contributed by atoms with van der Waals surface area (Å²) in [5.74, 6) is -4.05. The minimum atomic E-state index is -1.25. The summed E-state index contributed by atoms with van der Waals surface area (Å²) < 4.78 is 4.37. The number of hydrogen-bond donors (Lipinski definition) is 4. The van der Waals surface area contributed by atoms with Crippen LogP contribution in [0.4, 0.5) is 5.69 Å². The molecule has 22 heavy (non-hydrogen) atoms. The number of benzene rings is 1. The molecular weight excluding hydrogens is 294 g/mol. The van der Waals surface area contributed by atoms with Crippen molar-refractivity contribution in [1.29, 1.82) is 0 Å². The van der Waals surface area contributed by atoms with Gasteiger partial charge in [-0.05, 0) is 19.1 Å². The van der Waals surface area contributed by atoms with E-state index in [0.717, 1.165) is 6.92 Å². The van der Waals surface area contributed by atoms with Crippen molar-refractivity contribution in [2.75, 3.05) is 5.32 Å². The summed E-state index contributed by atoms with van der Waals surface area (Å²) in [6.07, 6.45) is 0. The van der Waals surface area contributed by atoms with Gasteiger partial charge in [0.25, 0.3) is 5.91 Å². The van der Waals surface area contributed by atoms with Gasteiger partial charge in [0.2, 0.25) is 0 Å². The number of phenols is 1. The van der Waals surface area contributed by atoms with Crippen LogP contribution in [0.15, 0.2) is 33.5 Å². The number of nitrogens with one attached hydrogen (secondary N) is 1. The van der Waals surface area contributed by atoms with Crippen LogP contribution in [0.25, 0.3) is 0 Å². The lowest BCUT2D eigenvalue weighted by atomic mass is 10.1. The van der Waals surface area contributed by atoms with Crippen molar-refractivity contribution < 1.29 is 29.3 Å². The molecule has 0 bridgehead atoms. The Kier molecular flexibility index (Phi) is 3.85. The number of ketones is 1. The molecule has 1 heterocycles. The predicted octanol–water partition coefficient (Wildman–Crippen LogP) is 1.21. The van der Waals surface area contributed by atoms with E-state index >= 15 is 0 Å². The Morgan fingerprint density at radius 3 is 2.41 bits per heavy atom. The van der Waals surface area contributed by atoms with Gasteiger partial charge in [-0.3, -0.25) is 9.59 Å². The summed E-state index contributed by atoms with van der Waals surface area (Å²) in [4.78, 5) is 34.8. The van der Waals surface area contributed by atoms with Gasteiger partial charge >= 0.3 is 11.6 Å². The lowest BCUT2D eigenvalue weighted by Crippen LogP contribution is -2.18. The van der Waals surface area contributed by atoms with Crippen LogP contribution < -0.4 is 10.9 Å². The summed E-state index contributed by atoms with van der Waals surface area (Å²) in [5, 5.41) is 31.0. The molecule has 1 amide bonds. The number of carbonyl (C=O) groups excluding carboxylic acids is 2. The van der Waals surface area contributed by atoms with Crippen molar-refractivity contribution in [3.8, 4) is 17.4 Å². The molecule has 4 N–H and O–H groups in total. The maximum absolute atomic E-state index is 12.1. The Morgan fingerprint density at radius 1 is 1.14 bits per heavy atom. The van der Waals surface area contributed by atoms with E-state index in [0.29, 0.717) is 0 Å². The summed E-state index contributed by atoms with van der Waals surface area (Å²) in [6.45, 7) is 1.000. The molecule has 0 saturated heterocycles. The highest BCUT2D eigenvalue weighted by atomic mass is 16.5. The molecule has 1 aromatic carbocycles. The van der Waals surface area contributed by atoms with Gasteiger partial charge < -0.3 is 25.1 Å². The Balaban J connectivity index is 2.48. The summed E-state index contributed by atoms with van der Waals surface area (Å²) in [5.41, 5.74) is -2.58. The normalized spacial score (nSPS) is 10.2. The van der Waals surface area contributed by atoms with E-state index in [4.69, 9.17) is 0 Å². The first-order chi connectivity index (χ1) is 10.3. The number of hydrogen-bond acceptors (Lipinski definition) is 7. The SMILES string of the molecule is CC(=O)c1c(O)c(C(=O)Nc2cccc(O)c2)c(O)oc1=O. The molecule has 0 fully saturated rings. The van der Waals surface area contributed by atoms with Gasteiger partial charge in [-0.2, -0.15) is 0 Å². The molecule has 0 aliphatic rings. The van der Waals surface area contributed by atoms with Gasteiger partial charge in [0.15, 0.2) is 17.1 Å². The van der Waals surface area contributed by atoms with Crippen LogP contribution in [0.1, 0.15) is 27.6 Å². The van der Waals surface area contributed by atoms with Crippen LogP contribution in [-0.4, -0.2) is 27.0 Å². The predicted molar refractivity (Wildman–Crippen MR) is 74.4 cm³/mol. The molecule has 0 aliphatic carbocycles. The standard InChI is InChI=1S/C14H11NO7/c1-6(16)9-11(18)10(14(21)22-13(9)20)12(19)15-7-3-2-4-8(17)5-7/h2-5,17-18,21H,1H3,(H,15,19). The molecule has 8 heteroatoms. The maximum Gasteiger partial charge on any atom is 0.353 e. The Bertz CT molecular complexity index is 822. The fraction of sp³-hybridized carbons (Fsp3) is 0.0714. The van der Waals surface area contributed by atoms with E-state index in [9.17, 15) is 29.7 Å². The molecule has 0 saturated carbocycles. The van der Waals surface area contributed by atoms with Gasteiger partial charge in [-0.1, -0.05) is 6.07 Å². The zero-order valence-electron chi connectivity index (χ0n) is 11.3. The summed E-state index contributed by atoms with van der Waals surface area (Å²) >= 11 is 0. The zero-order chi connectivity index (χ0) is 16.4. The molecule has 2 aromatic rings. The molecular formula is C14H11NO7. The number of amides is 1. The van der Waals surface area contributed by atoms with Crippen LogP contribution in [0.2, 0.25) is 0 Å². The number of rotatable bonds is 3. The van der Waals surface area contributed by atoms with Gasteiger partial charge in [-0.25, -0.2) is 4.79 Å². The van der Waals surface area contributed by atoms with E-state index in [1.54, 1.807) is 0 Å². The van der Waals surface area contributed by atoms with E-state index in [-0.39, 0.29) is 11.4 Å². The zero-order valence-corrected chi connectivity index (χ0v) is 11.3. The molecule has 114 valence electrons. The Hall–Kier alpha value is -3.29. The molecule has 1 aromatic heterocycles. The minimum Gasteiger partial charge on any atom is -0.508 e. The molecule has 0 spiro atoms. The summed E-state index contributed by atoms with van der Waals surface area (Å²) in [6, 6.07) is 5.49. The third-order valence-electron chi connectivity index (χ3n) is 2.76. The van der Waals surface area contributed by atoms with E-state index in [2.05, 4.69) is 9.73 Å². The van der Waals surface area contributed by atoms with Gasteiger partial charge in [0.1, 0.15) is 11.3 Å². The second-order valence-electron chi connectivity index (χ2n) is 4.35. The quantitative estimate of drug-likeness (QED) is 0.625. The average molecular weight is 305 g/mol. The summed E-state index contributed by atoms with van der Waals surface area (Å²) in [7, 11) is 0. The van der Waals surface area contributed by atoms with Gasteiger partial charge in [0, 0.05) is 11.8 Å². The van der Waals surface area contributed by atoms with E-state index in [1.807, 2.05) is 0 Å². The van der Waals surface area contributed by atoms with Crippen LogP contribution in [0.5, 0.6) is 17.4 Å². The lowest BCUT2D eigenvalue weighted by molar-refractivity contribution is 0.100. The number of carbonyl (C=O) groups is 2. The molecule has 2 rings (SSSR count). The third-order valence-corrected chi connectivity index (χ3v) is 2.76. The third kappa shape index (κ3) is 2.75. The van der Waals surface area contributed by atoms with Crippen molar-refractivity contribution >= 4 is 17.4 Å². The Labute approximate surface area is 123 Å². The highest BCUT2D eigenvalue weighted by molar-refractivity contribution is 6.10. The first-order valence-electron chi connectivity index (χ1n) is 6.01.